The van der Waals surface area contributed by atoms with Gasteiger partial charge in [0, 0.05) is 6.07 Å². The van der Waals surface area contributed by atoms with E-state index in [0.29, 0.717) is 29.5 Å². The smallest absolute Gasteiger partial charge is 0.265 e. The number of unbranched alkanes of at least 4 members (excludes halogenated alkanes) is 1. The van der Waals surface area contributed by atoms with Crippen molar-refractivity contribution < 1.29 is 19.0 Å². The average molecular weight is 343 g/mol. The van der Waals surface area contributed by atoms with Crippen molar-refractivity contribution in [1.82, 2.24) is 0 Å². The molecule has 0 aliphatic carbocycles. The Kier molecular flexibility index (Phi) is 7.14. The van der Waals surface area contributed by atoms with Crippen molar-refractivity contribution in [3.05, 3.63) is 48.5 Å². The molecule has 1 N–H and O–H groups in total. The number of amides is 1. The van der Waals surface area contributed by atoms with Crippen LogP contribution in [0, 0.1) is 0 Å². The molecule has 0 radical (unpaired) electrons. The fourth-order valence-electron chi connectivity index (χ4n) is 2.18. The highest BCUT2D eigenvalue weighted by atomic mass is 16.5. The Morgan fingerprint density at radius 1 is 1.12 bits per heavy atom. The Balaban J connectivity index is 2.06. The number of para-hydroxylation sites is 1. The van der Waals surface area contributed by atoms with E-state index in [9.17, 15) is 4.79 Å². The quantitative estimate of drug-likeness (QED) is 0.691. The molecule has 5 heteroatoms. The summed E-state index contributed by atoms with van der Waals surface area (Å²) in [5.41, 5.74) is 0.573. The van der Waals surface area contributed by atoms with Crippen LogP contribution in [0.25, 0.3) is 0 Å². The van der Waals surface area contributed by atoms with Crippen LogP contribution in [0.5, 0.6) is 17.2 Å². The second kappa shape index (κ2) is 9.57. The van der Waals surface area contributed by atoms with E-state index >= 15 is 0 Å². The van der Waals surface area contributed by atoms with Crippen molar-refractivity contribution in [1.29, 1.82) is 0 Å². The number of anilines is 1. The minimum atomic E-state index is -0.642. The molecule has 0 aliphatic heterocycles. The molecule has 2 rings (SSSR count). The van der Waals surface area contributed by atoms with Gasteiger partial charge in [-0.1, -0.05) is 31.5 Å². The minimum Gasteiger partial charge on any atom is -0.497 e. The highest BCUT2D eigenvalue weighted by Crippen LogP contribution is 2.29. The predicted molar refractivity (Wildman–Crippen MR) is 98.6 cm³/mol. The van der Waals surface area contributed by atoms with Gasteiger partial charge in [0.1, 0.15) is 17.2 Å². The summed E-state index contributed by atoms with van der Waals surface area (Å²) in [4.78, 5) is 12.5. The van der Waals surface area contributed by atoms with Gasteiger partial charge in [-0.05, 0) is 37.6 Å². The van der Waals surface area contributed by atoms with Crippen LogP contribution in [0.4, 0.5) is 5.69 Å². The number of ether oxygens (including phenoxy) is 3. The standard InChI is InChI=1S/C20H25NO4/c1-4-5-13-24-19-12-11-17(23-3)14-18(19)21-20(22)15(2)25-16-9-7-6-8-10-16/h6-12,14-15H,4-5,13H2,1-3H3,(H,21,22). The van der Waals surface area contributed by atoms with Gasteiger partial charge in [0.05, 0.1) is 19.4 Å². The van der Waals surface area contributed by atoms with Gasteiger partial charge in [-0.15, -0.1) is 0 Å². The molecule has 2 aromatic carbocycles. The summed E-state index contributed by atoms with van der Waals surface area (Å²) in [7, 11) is 1.58. The Bertz CT molecular complexity index is 673. The maximum atomic E-state index is 12.5. The molecule has 25 heavy (non-hydrogen) atoms. The summed E-state index contributed by atoms with van der Waals surface area (Å²) in [5, 5.41) is 2.86. The maximum absolute atomic E-state index is 12.5. The first-order chi connectivity index (χ1) is 12.1. The fourth-order valence-corrected chi connectivity index (χ4v) is 2.18. The van der Waals surface area contributed by atoms with E-state index in [1.165, 1.54) is 0 Å². The molecule has 134 valence electrons. The minimum absolute atomic E-state index is 0.252. The zero-order valence-electron chi connectivity index (χ0n) is 15.0. The third-order valence-electron chi connectivity index (χ3n) is 3.63. The van der Waals surface area contributed by atoms with E-state index in [4.69, 9.17) is 14.2 Å². The number of carbonyl (C=O) groups is 1. The van der Waals surface area contributed by atoms with Crippen molar-refractivity contribution in [2.75, 3.05) is 19.0 Å². The predicted octanol–water partition coefficient (Wildman–Crippen LogP) is 4.28. The van der Waals surface area contributed by atoms with Gasteiger partial charge in [-0.2, -0.15) is 0 Å². The van der Waals surface area contributed by atoms with Gasteiger partial charge in [0.15, 0.2) is 6.10 Å². The summed E-state index contributed by atoms with van der Waals surface area (Å²) >= 11 is 0. The van der Waals surface area contributed by atoms with Crippen LogP contribution in [-0.2, 0) is 4.79 Å². The number of benzene rings is 2. The van der Waals surface area contributed by atoms with Crippen LogP contribution in [0.1, 0.15) is 26.7 Å². The van der Waals surface area contributed by atoms with E-state index in [-0.39, 0.29) is 5.91 Å². The normalized spacial score (nSPS) is 11.5. The lowest BCUT2D eigenvalue weighted by Gasteiger charge is -2.17. The summed E-state index contributed by atoms with van der Waals surface area (Å²) < 4.78 is 16.7. The highest BCUT2D eigenvalue weighted by Gasteiger charge is 2.17. The number of hydrogen-bond donors (Lipinski definition) is 1. The topological polar surface area (TPSA) is 56.8 Å². The monoisotopic (exact) mass is 343 g/mol. The average Bonchev–Trinajstić information content (AvgIpc) is 2.63. The van der Waals surface area contributed by atoms with Crippen molar-refractivity contribution in [3.8, 4) is 17.2 Å². The van der Waals surface area contributed by atoms with Gasteiger partial charge in [-0.3, -0.25) is 4.79 Å². The summed E-state index contributed by atoms with van der Waals surface area (Å²) in [6, 6.07) is 14.6. The molecule has 0 aromatic heterocycles. The third kappa shape index (κ3) is 5.71. The first kappa shape index (κ1) is 18.6. The number of methoxy groups -OCH3 is 1. The summed E-state index contributed by atoms with van der Waals surface area (Å²) in [6.07, 6.45) is 1.35. The molecule has 1 unspecified atom stereocenters. The Hall–Kier alpha value is -2.69. The summed E-state index contributed by atoms with van der Waals surface area (Å²) in [5.74, 6) is 1.66. The molecular weight excluding hydrogens is 318 g/mol. The molecule has 0 spiro atoms. The van der Waals surface area contributed by atoms with E-state index in [2.05, 4.69) is 12.2 Å². The zero-order chi connectivity index (χ0) is 18.1. The van der Waals surface area contributed by atoms with E-state index in [1.807, 2.05) is 30.3 Å². The van der Waals surface area contributed by atoms with Crippen molar-refractivity contribution in [3.63, 3.8) is 0 Å². The molecule has 0 heterocycles. The Labute approximate surface area is 148 Å². The molecule has 2 aromatic rings. The first-order valence-electron chi connectivity index (χ1n) is 8.47. The van der Waals surface area contributed by atoms with Crippen LogP contribution < -0.4 is 19.5 Å². The molecule has 1 amide bonds. The van der Waals surface area contributed by atoms with Gasteiger partial charge in [0.25, 0.3) is 5.91 Å². The molecule has 0 aliphatic rings. The lowest BCUT2D eigenvalue weighted by molar-refractivity contribution is -0.122. The Morgan fingerprint density at radius 3 is 2.56 bits per heavy atom. The van der Waals surface area contributed by atoms with Crippen LogP contribution in [-0.4, -0.2) is 25.7 Å². The number of rotatable bonds is 9. The first-order valence-corrected chi connectivity index (χ1v) is 8.47. The van der Waals surface area contributed by atoms with Crippen LogP contribution >= 0.6 is 0 Å². The van der Waals surface area contributed by atoms with E-state index < -0.39 is 6.10 Å². The molecule has 0 fully saturated rings. The van der Waals surface area contributed by atoms with Gasteiger partial charge >= 0.3 is 0 Å². The Morgan fingerprint density at radius 2 is 1.88 bits per heavy atom. The molecule has 0 bridgehead atoms. The maximum Gasteiger partial charge on any atom is 0.265 e. The molecular formula is C20H25NO4. The van der Waals surface area contributed by atoms with Crippen molar-refractivity contribution in [2.24, 2.45) is 0 Å². The van der Waals surface area contributed by atoms with Crippen LogP contribution in [0.2, 0.25) is 0 Å². The molecule has 5 nitrogen and oxygen atoms in total. The lowest BCUT2D eigenvalue weighted by Crippen LogP contribution is -2.30. The number of nitrogens with one attached hydrogen (secondary N) is 1. The second-order valence-corrected chi connectivity index (χ2v) is 5.63. The SMILES string of the molecule is CCCCOc1ccc(OC)cc1NC(=O)C(C)Oc1ccccc1. The number of carbonyl (C=O) groups excluding carboxylic acids is 1. The molecule has 0 saturated carbocycles. The van der Waals surface area contributed by atoms with Crippen molar-refractivity contribution >= 4 is 11.6 Å². The second-order valence-electron chi connectivity index (χ2n) is 5.63. The zero-order valence-corrected chi connectivity index (χ0v) is 15.0. The number of hydrogen-bond acceptors (Lipinski definition) is 4. The van der Waals surface area contributed by atoms with Crippen LogP contribution in [0.15, 0.2) is 48.5 Å². The van der Waals surface area contributed by atoms with Gasteiger partial charge < -0.3 is 19.5 Å². The molecule has 1 atom stereocenters. The van der Waals surface area contributed by atoms with Crippen molar-refractivity contribution in [2.45, 2.75) is 32.8 Å². The van der Waals surface area contributed by atoms with Gasteiger partial charge in [0.2, 0.25) is 0 Å². The van der Waals surface area contributed by atoms with Gasteiger partial charge in [-0.25, -0.2) is 0 Å². The molecule has 0 saturated heterocycles. The summed E-state index contributed by atoms with van der Waals surface area (Å²) in [6.45, 7) is 4.41. The largest absolute Gasteiger partial charge is 0.497 e. The lowest BCUT2D eigenvalue weighted by atomic mass is 10.2. The van der Waals surface area contributed by atoms with E-state index in [0.717, 1.165) is 12.8 Å². The fraction of sp³-hybridized carbons (Fsp3) is 0.350. The van der Waals surface area contributed by atoms with E-state index in [1.54, 1.807) is 32.2 Å². The van der Waals surface area contributed by atoms with Crippen LogP contribution in [0.3, 0.4) is 0 Å². The highest BCUT2D eigenvalue weighted by molar-refractivity contribution is 5.95. The third-order valence-corrected chi connectivity index (χ3v) is 3.63.